The average molecular weight is 749 g/mol. The molecule has 13 nitrogen and oxygen atoms in total. The van der Waals surface area contributed by atoms with Gasteiger partial charge < -0.3 is 10.1 Å². The lowest BCUT2D eigenvalue weighted by Gasteiger charge is -2.35. The molecule has 0 saturated carbocycles. The van der Waals surface area contributed by atoms with Crippen LogP contribution >= 0.6 is 0 Å². The number of halogens is 6. The van der Waals surface area contributed by atoms with Gasteiger partial charge in [0.05, 0.1) is 39.4 Å². The number of carbonyl (C=O) groups is 2. The lowest BCUT2D eigenvalue weighted by molar-refractivity contribution is -0.384. The number of aromatic nitrogens is 3. The highest BCUT2D eigenvalue weighted by molar-refractivity contribution is 7.89. The fraction of sp³-hybridized carbons (Fsp3) is 0.484. The number of hydrogen-bond donors (Lipinski definition) is 1. The molecule has 0 spiro atoms. The van der Waals surface area contributed by atoms with Crippen LogP contribution in [-0.4, -0.2) is 67.7 Å². The maximum atomic E-state index is 14.5. The molecule has 2 amide bonds. The number of fused-ring (bicyclic) bond motifs is 1. The number of nitrogens with zero attached hydrogens (tertiary/aromatic N) is 5. The topological polar surface area (TPSA) is 166 Å². The quantitative estimate of drug-likeness (QED) is 0.106. The van der Waals surface area contributed by atoms with E-state index in [1.165, 1.54) is 16.8 Å². The number of nitro benzene ring substituents is 1. The fourth-order valence-corrected chi connectivity index (χ4v) is 6.89. The van der Waals surface area contributed by atoms with Gasteiger partial charge in [0, 0.05) is 24.1 Å². The SMILES string of the molecule is CC(C)(C)OC(=O)N[C@@H](CCC(C)(C)C(F)(F)F)c1cn2ncc(/C=C3\C[C@@](C)(C(F)(F)F)N(S(=O)(=O)c4ccc([N+](=O)[O-])cc4)C3=O)cc2n1. The first-order valence-corrected chi connectivity index (χ1v) is 16.6. The van der Waals surface area contributed by atoms with Gasteiger partial charge in [-0.1, -0.05) is 13.8 Å². The highest BCUT2D eigenvalue weighted by Gasteiger charge is 2.65. The summed E-state index contributed by atoms with van der Waals surface area (Å²) < 4.78 is 117. The number of benzene rings is 1. The molecule has 1 N–H and O–H groups in total. The van der Waals surface area contributed by atoms with Crippen LogP contribution in [0.15, 0.2) is 53.2 Å². The van der Waals surface area contributed by atoms with Crippen LogP contribution in [0, 0.1) is 15.5 Å². The first-order chi connectivity index (χ1) is 23.2. The Morgan fingerprint density at radius 1 is 1.12 bits per heavy atom. The van der Waals surface area contributed by atoms with E-state index in [0.717, 1.165) is 50.4 Å². The van der Waals surface area contributed by atoms with Crippen molar-refractivity contribution in [2.45, 2.75) is 95.2 Å². The van der Waals surface area contributed by atoms with Crippen LogP contribution in [0.1, 0.15) is 78.1 Å². The molecular formula is C31H34F6N6O7S. The minimum Gasteiger partial charge on any atom is -0.444 e. The van der Waals surface area contributed by atoms with Crippen molar-refractivity contribution in [2.75, 3.05) is 0 Å². The second-order valence-electron chi connectivity index (χ2n) is 13.8. The maximum Gasteiger partial charge on any atom is 0.412 e. The van der Waals surface area contributed by atoms with Crippen molar-refractivity contribution in [3.63, 3.8) is 0 Å². The highest BCUT2D eigenvalue weighted by atomic mass is 32.2. The van der Waals surface area contributed by atoms with Gasteiger partial charge in [-0.05, 0) is 70.4 Å². The molecule has 0 unspecified atom stereocenters. The molecule has 20 heteroatoms. The minimum absolute atomic E-state index is 0.0250. The molecule has 3 aromatic rings. The van der Waals surface area contributed by atoms with Crippen LogP contribution in [0.3, 0.4) is 0 Å². The first-order valence-electron chi connectivity index (χ1n) is 15.2. The molecule has 4 rings (SSSR count). The lowest BCUT2D eigenvalue weighted by atomic mass is 9.85. The number of amides is 2. The molecule has 1 aliphatic rings. The predicted octanol–water partition coefficient (Wildman–Crippen LogP) is 6.90. The molecule has 1 fully saturated rings. The highest BCUT2D eigenvalue weighted by Crippen LogP contribution is 2.48. The Balaban J connectivity index is 1.71. The summed E-state index contributed by atoms with van der Waals surface area (Å²) in [4.78, 5) is 39.8. The lowest BCUT2D eigenvalue weighted by Crippen LogP contribution is -2.56. The van der Waals surface area contributed by atoms with Crippen LogP contribution in [0.2, 0.25) is 0 Å². The summed E-state index contributed by atoms with van der Waals surface area (Å²) in [5, 5.41) is 17.6. The van der Waals surface area contributed by atoms with Crippen LogP contribution in [0.4, 0.5) is 36.8 Å². The molecule has 278 valence electrons. The van der Waals surface area contributed by atoms with Gasteiger partial charge >= 0.3 is 18.4 Å². The Labute approximate surface area is 287 Å². The summed E-state index contributed by atoms with van der Waals surface area (Å²) in [6.07, 6.45) is -9.00. The van der Waals surface area contributed by atoms with Crippen molar-refractivity contribution in [2.24, 2.45) is 5.41 Å². The van der Waals surface area contributed by atoms with Crippen molar-refractivity contribution in [3.05, 3.63) is 69.7 Å². The van der Waals surface area contributed by atoms with Crippen LogP contribution in [-0.2, 0) is 19.6 Å². The van der Waals surface area contributed by atoms with E-state index in [1.807, 2.05) is 0 Å². The van der Waals surface area contributed by atoms with E-state index in [2.05, 4.69) is 15.4 Å². The van der Waals surface area contributed by atoms with Crippen molar-refractivity contribution >= 4 is 39.4 Å². The molecule has 1 aromatic carbocycles. The number of sulfonamides is 1. The van der Waals surface area contributed by atoms with Gasteiger partial charge in [0.25, 0.3) is 21.6 Å². The number of carbonyl (C=O) groups excluding carboxylic acids is 2. The van der Waals surface area contributed by atoms with Crippen molar-refractivity contribution in [1.29, 1.82) is 0 Å². The average Bonchev–Trinajstić information content (AvgIpc) is 3.51. The fourth-order valence-electron chi connectivity index (χ4n) is 5.17. The number of alkyl halides is 6. The largest absolute Gasteiger partial charge is 0.444 e. The molecule has 1 aliphatic heterocycles. The molecule has 3 heterocycles. The molecular weight excluding hydrogens is 714 g/mol. The molecule has 0 aliphatic carbocycles. The summed E-state index contributed by atoms with van der Waals surface area (Å²) in [5.74, 6) is -1.49. The second kappa shape index (κ2) is 13.1. The summed E-state index contributed by atoms with van der Waals surface area (Å²) in [6, 6.07) is 3.20. The minimum atomic E-state index is -5.25. The maximum absolute atomic E-state index is 14.5. The summed E-state index contributed by atoms with van der Waals surface area (Å²) in [7, 11) is -5.18. The number of non-ortho nitro benzene ring substituents is 1. The molecule has 51 heavy (non-hydrogen) atoms. The number of nitrogens with one attached hydrogen (secondary N) is 1. The number of nitro groups is 1. The molecule has 1 saturated heterocycles. The normalized spacial score (nSPS) is 19.1. The zero-order valence-electron chi connectivity index (χ0n) is 28.1. The Kier molecular flexibility index (Phi) is 10.0. The molecule has 0 bridgehead atoms. The summed E-state index contributed by atoms with van der Waals surface area (Å²) in [6.45, 7) is 7.33. The first kappa shape index (κ1) is 39.0. The Morgan fingerprint density at radius 2 is 1.73 bits per heavy atom. The number of imidazole rings is 1. The van der Waals surface area contributed by atoms with E-state index in [4.69, 9.17) is 4.74 Å². The van der Waals surface area contributed by atoms with Gasteiger partial charge in [-0.3, -0.25) is 14.9 Å². The van der Waals surface area contributed by atoms with Gasteiger partial charge in [-0.15, -0.1) is 0 Å². The van der Waals surface area contributed by atoms with Crippen molar-refractivity contribution in [1.82, 2.24) is 24.2 Å². The van der Waals surface area contributed by atoms with Crippen molar-refractivity contribution in [3.8, 4) is 0 Å². The number of hydrogen-bond acceptors (Lipinski definition) is 9. The number of alkyl carbamates (subject to hydrolysis) is 1. The zero-order valence-corrected chi connectivity index (χ0v) is 28.9. The molecule has 0 radical (unpaired) electrons. The Hall–Kier alpha value is -4.75. The third-order valence-electron chi connectivity index (χ3n) is 8.21. The Bertz CT molecular complexity index is 1990. The number of rotatable bonds is 9. The van der Waals surface area contributed by atoms with Crippen LogP contribution in [0.5, 0.6) is 0 Å². The van der Waals surface area contributed by atoms with Gasteiger partial charge in [-0.2, -0.15) is 31.4 Å². The van der Waals surface area contributed by atoms with Gasteiger partial charge in [0.15, 0.2) is 11.2 Å². The van der Waals surface area contributed by atoms with E-state index in [0.29, 0.717) is 6.92 Å². The zero-order chi connectivity index (χ0) is 38.5. The van der Waals surface area contributed by atoms with Crippen LogP contribution in [0.25, 0.3) is 11.7 Å². The second-order valence-corrected chi connectivity index (χ2v) is 15.6. The van der Waals surface area contributed by atoms with E-state index in [1.54, 1.807) is 20.8 Å². The third kappa shape index (κ3) is 8.10. The number of ether oxygens (including phenoxy) is 1. The van der Waals surface area contributed by atoms with E-state index >= 15 is 0 Å². The van der Waals surface area contributed by atoms with E-state index in [9.17, 15) is 54.5 Å². The molecule has 2 atom stereocenters. The standard InChI is InChI=1S/C31H34F6N6O7S/c1-27(2,3)50-26(45)40-22(11-12-28(4,5)30(32,33)34)23-17-41-24(39-23)14-18(16-38-41)13-19-15-29(6,31(35,36)37)42(25(19)44)51(48,49)21-9-7-20(8-10-21)43(46)47/h7-10,13-14,16-17,22H,11-12,15H2,1-6H3,(H,40,45)/b19-13+/t22-,29-/m0/s1. The summed E-state index contributed by atoms with van der Waals surface area (Å²) >= 11 is 0. The summed E-state index contributed by atoms with van der Waals surface area (Å²) in [5.41, 5.74) is -7.24. The van der Waals surface area contributed by atoms with E-state index in [-0.39, 0.29) is 27.6 Å². The Morgan fingerprint density at radius 3 is 2.25 bits per heavy atom. The monoisotopic (exact) mass is 748 g/mol. The third-order valence-corrected chi connectivity index (χ3v) is 10.1. The predicted molar refractivity (Wildman–Crippen MR) is 168 cm³/mol. The van der Waals surface area contributed by atoms with Gasteiger partial charge in [-0.25, -0.2) is 27.0 Å². The van der Waals surface area contributed by atoms with Gasteiger partial charge in [0.1, 0.15) is 5.60 Å². The van der Waals surface area contributed by atoms with E-state index < -0.39 is 90.9 Å². The van der Waals surface area contributed by atoms with Crippen molar-refractivity contribution < 1.29 is 54.0 Å². The molecule has 2 aromatic heterocycles. The smallest absolute Gasteiger partial charge is 0.412 e. The van der Waals surface area contributed by atoms with Crippen LogP contribution < -0.4 is 5.32 Å². The van der Waals surface area contributed by atoms with Gasteiger partial charge in [0.2, 0.25) is 0 Å².